The van der Waals surface area contributed by atoms with Crippen molar-refractivity contribution in [1.29, 1.82) is 0 Å². The number of ether oxygens (including phenoxy) is 2. The van der Waals surface area contributed by atoms with Crippen LogP contribution in [0.25, 0.3) is 11.0 Å². The van der Waals surface area contributed by atoms with E-state index in [9.17, 15) is 9.59 Å². The second kappa shape index (κ2) is 5.56. The number of benzene rings is 1. The lowest BCUT2D eigenvalue weighted by atomic mass is 10.2. The Morgan fingerprint density at radius 1 is 1.32 bits per heavy atom. The summed E-state index contributed by atoms with van der Waals surface area (Å²) in [7, 11) is 1.29. The van der Waals surface area contributed by atoms with Gasteiger partial charge in [-0.15, -0.1) is 0 Å². The van der Waals surface area contributed by atoms with Gasteiger partial charge in [0.2, 0.25) is 0 Å². The van der Waals surface area contributed by atoms with E-state index in [1.807, 2.05) is 12.1 Å². The Labute approximate surface area is 110 Å². The summed E-state index contributed by atoms with van der Waals surface area (Å²) in [4.78, 5) is 23.0. The summed E-state index contributed by atoms with van der Waals surface area (Å²) in [6.45, 7) is 1.64. The smallest absolute Gasteiger partial charge is 0.342 e. The third kappa shape index (κ3) is 2.93. The highest BCUT2D eigenvalue weighted by atomic mass is 16.6. The Hall–Kier alpha value is -2.30. The largest absolute Gasteiger partial charge is 0.469 e. The van der Waals surface area contributed by atoms with Crippen molar-refractivity contribution < 1.29 is 23.5 Å². The minimum absolute atomic E-state index is 0.0258. The second-order valence-electron chi connectivity index (χ2n) is 4.14. The first kappa shape index (κ1) is 13.1. The number of hydrogen-bond donors (Lipinski definition) is 0. The molecule has 1 aromatic heterocycles. The van der Waals surface area contributed by atoms with Gasteiger partial charge in [0.15, 0.2) is 0 Å². The lowest BCUT2D eigenvalue weighted by Crippen LogP contribution is -2.19. The van der Waals surface area contributed by atoms with Crippen LogP contribution < -0.4 is 0 Å². The van der Waals surface area contributed by atoms with Crippen LogP contribution in [0.5, 0.6) is 0 Å². The van der Waals surface area contributed by atoms with E-state index in [0.29, 0.717) is 16.5 Å². The monoisotopic (exact) mass is 262 g/mol. The van der Waals surface area contributed by atoms with Crippen molar-refractivity contribution in [1.82, 2.24) is 0 Å². The van der Waals surface area contributed by atoms with E-state index in [1.54, 1.807) is 19.1 Å². The highest BCUT2D eigenvalue weighted by Gasteiger charge is 2.19. The average Bonchev–Trinajstić information content (AvgIpc) is 2.82. The molecule has 1 heterocycles. The summed E-state index contributed by atoms with van der Waals surface area (Å²) in [6.07, 6.45) is 0.837. The quantitative estimate of drug-likeness (QED) is 0.792. The number of fused-ring (bicyclic) bond motifs is 1. The van der Waals surface area contributed by atoms with Crippen molar-refractivity contribution in [3.8, 4) is 0 Å². The van der Waals surface area contributed by atoms with Crippen LogP contribution in [-0.2, 0) is 14.3 Å². The molecule has 0 aliphatic rings. The van der Waals surface area contributed by atoms with Gasteiger partial charge in [0.05, 0.1) is 13.5 Å². The van der Waals surface area contributed by atoms with Crippen LogP contribution in [0, 0.1) is 0 Å². The number of furan rings is 1. The van der Waals surface area contributed by atoms with E-state index in [-0.39, 0.29) is 6.42 Å². The number of hydrogen-bond acceptors (Lipinski definition) is 5. The first-order valence-electron chi connectivity index (χ1n) is 5.86. The van der Waals surface area contributed by atoms with Crippen molar-refractivity contribution in [2.45, 2.75) is 19.4 Å². The fourth-order valence-corrected chi connectivity index (χ4v) is 1.74. The van der Waals surface area contributed by atoms with Crippen LogP contribution in [0.15, 0.2) is 34.9 Å². The lowest BCUT2D eigenvalue weighted by molar-refractivity contribution is -0.142. The molecule has 0 amide bonds. The molecule has 0 aliphatic heterocycles. The van der Waals surface area contributed by atoms with Crippen LogP contribution in [0.4, 0.5) is 0 Å². The number of carbonyl (C=O) groups excluding carboxylic acids is 2. The SMILES string of the molecule is COC(=O)C[C@@H](C)OC(=O)c1coc2ccccc12. The van der Waals surface area contributed by atoms with Crippen molar-refractivity contribution >= 4 is 22.9 Å². The maximum absolute atomic E-state index is 12.0. The van der Waals surface area contributed by atoms with Crippen molar-refractivity contribution in [3.05, 3.63) is 36.1 Å². The van der Waals surface area contributed by atoms with Crippen LogP contribution >= 0.6 is 0 Å². The zero-order valence-corrected chi connectivity index (χ0v) is 10.7. The zero-order valence-electron chi connectivity index (χ0n) is 10.7. The predicted molar refractivity (Wildman–Crippen MR) is 67.7 cm³/mol. The molecule has 1 aromatic carbocycles. The van der Waals surface area contributed by atoms with Gasteiger partial charge < -0.3 is 13.9 Å². The van der Waals surface area contributed by atoms with Gasteiger partial charge in [-0.05, 0) is 13.0 Å². The van der Waals surface area contributed by atoms with Gasteiger partial charge in [-0.2, -0.15) is 0 Å². The first-order valence-corrected chi connectivity index (χ1v) is 5.86. The molecule has 5 heteroatoms. The van der Waals surface area contributed by atoms with Crippen molar-refractivity contribution in [3.63, 3.8) is 0 Å². The number of rotatable bonds is 4. The standard InChI is InChI=1S/C14H14O5/c1-9(7-13(15)17-2)19-14(16)11-8-18-12-6-4-3-5-10(11)12/h3-6,8-9H,7H2,1-2H3/t9-/m1/s1. The van der Waals surface area contributed by atoms with Crippen LogP contribution in [0.2, 0.25) is 0 Å². The average molecular weight is 262 g/mol. The molecular formula is C14H14O5. The van der Waals surface area contributed by atoms with E-state index < -0.39 is 18.0 Å². The number of para-hydroxylation sites is 1. The van der Waals surface area contributed by atoms with E-state index in [0.717, 1.165) is 0 Å². The lowest BCUT2D eigenvalue weighted by Gasteiger charge is -2.11. The molecule has 100 valence electrons. The summed E-state index contributed by atoms with van der Waals surface area (Å²) in [6, 6.07) is 7.18. The first-order chi connectivity index (χ1) is 9.11. The second-order valence-corrected chi connectivity index (χ2v) is 4.14. The Bertz CT molecular complexity index is 599. The van der Waals surface area contributed by atoms with Crippen LogP contribution in [0.1, 0.15) is 23.7 Å². The van der Waals surface area contributed by atoms with Crippen LogP contribution in [0.3, 0.4) is 0 Å². The molecule has 0 saturated carbocycles. The maximum atomic E-state index is 12.0. The van der Waals surface area contributed by atoms with E-state index in [4.69, 9.17) is 9.15 Å². The Kier molecular flexibility index (Phi) is 3.85. The molecule has 0 spiro atoms. The van der Waals surface area contributed by atoms with Gasteiger partial charge in [-0.1, -0.05) is 18.2 Å². The molecule has 0 N–H and O–H groups in total. The van der Waals surface area contributed by atoms with E-state index in [2.05, 4.69) is 4.74 Å². The molecular weight excluding hydrogens is 248 g/mol. The number of carbonyl (C=O) groups is 2. The van der Waals surface area contributed by atoms with Crippen molar-refractivity contribution in [2.75, 3.05) is 7.11 Å². The number of esters is 2. The van der Waals surface area contributed by atoms with Crippen molar-refractivity contribution in [2.24, 2.45) is 0 Å². The molecule has 0 aliphatic carbocycles. The summed E-state index contributed by atoms with van der Waals surface area (Å²) >= 11 is 0. The third-order valence-electron chi connectivity index (χ3n) is 2.69. The minimum Gasteiger partial charge on any atom is -0.469 e. The molecule has 0 bridgehead atoms. The molecule has 0 saturated heterocycles. The normalized spacial score (nSPS) is 12.1. The van der Waals surface area contributed by atoms with Gasteiger partial charge in [0.25, 0.3) is 0 Å². The van der Waals surface area contributed by atoms with Gasteiger partial charge in [-0.3, -0.25) is 4.79 Å². The van der Waals surface area contributed by atoms with E-state index >= 15 is 0 Å². The topological polar surface area (TPSA) is 65.7 Å². The fraction of sp³-hybridized carbons (Fsp3) is 0.286. The predicted octanol–water partition coefficient (Wildman–Crippen LogP) is 2.54. The molecule has 0 unspecified atom stereocenters. The molecule has 5 nitrogen and oxygen atoms in total. The van der Waals surface area contributed by atoms with Gasteiger partial charge in [-0.25, -0.2) is 4.79 Å². The molecule has 2 rings (SSSR count). The summed E-state index contributed by atoms with van der Waals surface area (Å²) in [5.41, 5.74) is 0.974. The minimum atomic E-state index is -0.548. The zero-order chi connectivity index (χ0) is 13.8. The molecule has 19 heavy (non-hydrogen) atoms. The maximum Gasteiger partial charge on any atom is 0.342 e. The Morgan fingerprint density at radius 3 is 2.79 bits per heavy atom. The Morgan fingerprint density at radius 2 is 2.05 bits per heavy atom. The summed E-state index contributed by atoms with van der Waals surface area (Å²) < 4.78 is 15.0. The highest BCUT2D eigenvalue weighted by molar-refractivity contribution is 6.03. The molecule has 2 aromatic rings. The highest BCUT2D eigenvalue weighted by Crippen LogP contribution is 2.22. The number of methoxy groups -OCH3 is 1. The summed E-state index contributed by atoms with van der Waals surface area (Å²) in [5, 5.41) is 0.692. The molecule has 0 fully saturated rings. The summed E-state index contributed by atoms with van der Waals surface area (Å²) in [5.74, 6) is -0.932. The van der Waals surface area contributed by atoms with E-state index in [1.165, 1.54) is 13.4 Å². The van der Waals surface area contributed by atoms with Crippen LogP contribution in [-0.4, -0.2) is 25.2 Å². The van der Waals surface area contributed by atoms with Gasteiger partial charge in [0.1, 0.15) is 23.5 Å². The van der Waals surface area contributed by atoms with Gasteiger partial charge in [0, 0.05) is 5.39 Å². The Balaban J connectivity index is 2.10. The molecule has 1 atom stereocenters. The molecule has 0 radical (unpaired) electrons. The fourth-order valence-electron chi connectivity index (χ4n) is 1.74. The van der Waals surface area contributed by atoms with Gasteiger partial charge >= 0.3 is 11.9 Å². The third-order valence-corrected chi connectivity index (χ3v) is 2.69.